The highest BCUT2D eigenvalue weighted by molar-refractivity contribution is 5.84. The van der Waals surface area contributed by atoms with Gasteiger partial charge in [0.2, 0.25) is 5.91 Å². The molecule has 0 aromatic heterocycles. The van der Waals surface area contributed by atoms with Crippen LogP contribution in [0.5, 0.6) is 0 Å². The Morgan fingerprint density at radius 1 is 1.37 bits per heavy atom. The van der Waals surface area contributed by atoms with Crippen molar-refractivity contribution >= 4 is 5.91 Å². The number of carbonyl (C=O) groups is 1. The quantitative estimate of drug-likeness (QED) is 0.908. The van der Waals surface area contributed by atoms with Gasteiger partial charge in [-0.1, -0.05) is 36.8 Å². The molecule has 2 rings (SSSR count). The van der Waals surface area contributed by atoms with Crippen LogP contribution in [0.4, 0.5) is 0 Å². The molecule has 104 valence electrons. The summed E-state index contributed by atoms with van der Waals surface area (Å²) in [6, 6.07) is 8.07. The maximum absolute atomic E-state index is 12.6. The van der Waals surface area contributed by atoms with Gasteiger partial charge in [-0.3, -0.25) is 4.79 Å². The number of hydrogen-bond acceptors (Lipinski definition) is 2. The Hall–Kier alpha value is -1.35. The van der Waals surface area contributed by atoms with Crippen LogP contribution in [0.25, 0.3) is 0 Å². The molecule has 0 bridgehead atoms. The van der Waals surface area contributed by atoms with Gasteiger partial charge in [0.15, 0.2) is 0 Å². The molecular weight excluding hydrogens is 236 g/mol. The summed E-state index contributed by atoms with van der Waals surface area (Å²) in [5, 5.41) is 0. The molecule has 0 saturated carbocycles. The molecule has 1 fully saturated rings. The predicted octanol–water partition coefficient (Wildman–Crippen LogP) is 2.78. The van der Waals surface area contributed by atoms with Crippen LogP contribution < -0.4 is 5.73 Å². The summed E-state index contributed by atoms with van der Waals surface area (Å²) in [5.41, 5.74) is 8.25. The third-order valence-corrected chi connectivity index (χ3v) is 4.21. The second-order valence-corrected chi connectivity index (χ2v) is 5.62. The number of hydrogen-bond donors (Lipinski definition) is 1. The molecule has 1 aromatic rings. The topological polar surface area (TPSA) is 46.3 Å². The minimum absolute atomic E-state index is 0.0701. The summed E-state index contributed by atoms with van der Waals surface area (Å²) in [6.45, 7) is 6.29. The average molecular weight is 260 g/mol. The fourth-order valence-electron chi connectivity index (χ4n) is 2.95. The molecule has 19 heavy (non-hydrogen) atoms. The molecule has 2 N–H and O–H groups in total. The lowest BCUT2D eigenvalue weighted by Gasteiger charge is -2.30. The number of benzene rings is 1. The minimum atomic E-state index is -0.532. The van der Waals surface area contributed by atoms with Gasteiger partial charge in [0.25, 0.3) is 0 Å². The normalized spacial score (nSPS) is 24.5. The third kappa shape index (κ3) is 2.81. The van der Waals surface area contributed by atoms with Gasteiger partial charge in [-0.25, -0.2) is 0 Å². The molecular formula is C16H24N2O. The van der Waals surface area contributed by atoms with Crippen molar-refractivity contribution in [1.82, 2.24) is 4.90 Å². The first-order chi connectivity index (χ1) is 9.04. The molecule has 1 aliphatic heterocycles. The molecule has 1 aliphatic rings. The van der Waals surface area contributed by atoms with Gasteiger partial charge in [0.05, 0.1) is 0 Å². The van der Waals surface area contributed by atoms with Crippen molar-refractivity contribution in [3.05, 3.63) is 35.4 Å². The van der Waals surface area contributed by atoms with E-state index in [2.05, 4.69) is 13.8 Å². The summed E-state index contributed by atoms with van der Waals surface area (Å²) < 4.78 is 0. The molecule has 0 radical (unpaired) electrons. The van der Waals surface area contributed by atoms with Gasteiger partial charge in [-0.05, 0) is 38.7 Å². The largest absolute Gasteiger partial charge is 0.335 e. The van der Waals surface area contributed by atoms with E-state index in [-0.39, 0.29) is 5.91 Å². The van der Waals surface area contributed by atoms with Crippen LogP contribution >= 0.6 is 0 Å². The van der Waals surface area contributed by atoms with Crippen molar-refractivity contribution in [2.75, 3.05) is 0 Å². The van der Waals surface area contributed by atoms with Crippen molar-refractivity contribution in [3.8, 4) is 0 Å². The molecule has 3 heteroatoms. The van der Waals surface area contributed by atoms with E-state index in [0.717, 1.165) is 24.8 Å². The Kier molecular flexibility index (Phi) is 4.25. The van der Waals surface area contributed by atoms with Crippen molar-refractivity contribution in [2.45, 2.75) is 58.2 Å². The highest BCUT2D eigenvalue weighted by Crippen LogP contribution is 2.28. The van der Waals surface area contributed by atoms with E-state index in [0.29, 0.717) is 12.1 Å². The SMILES string of the molecule is CCC1CCC(C)N1C(=O)C(N)c1ccc(C)cc1. The first-order valence-corrected chi connectivity index (χ1v) is 7.19. The van der Waals surface area contributed by atoms with E-state index in [4.69, 9.17) is 5.73 Å². The summed E-state index contributed by atoms with van der Waals surface area (Å²) in [6.07, 6.45) is 3.20. The molecule has 3 unspecified atom stereocenters. The van der Waals surface area contributed by atoms with Crippen molar-refractivity contribution in [2.24, 2.45) is 5.73 Å². The molecule has 1 heterocycles. The summed E-state index contributed by atoms with van der Waals surface area (Å²) in [7, 11) is 0. The van der Waals surface area contributed by atoms with Gasteiger partial charge in [-0.2, -0.15) is 0 Å². The standard InChI is InChI=1S/C16H24N2O/c1-4-14-10-7-12(3)18(14)16(19)15(17)13-8-5-11(2)6-9-13/h5-6,8-9,12,14-15H,4,7,10,17H2,1-3H3. The van der Waals surface area contributed by atoms with Crippen LogP contribution in [0.1, 0.15) is 50.3 Å². The van der Waals surface area contributed by atoms with E-state index >= 15 is 0 Å². The number of amides is 1. The predicted molar refractivity (Wildman–Crippen MR) is 77.7 cm³/mol. The van der Waals surface area contributed by atoms with Gasteiger partial charge in [0, 0.05) is 12.1 Å². The van der Waals surface area contributed by atoms with Crippen molar-refractivity contribution < 1.29 is 4.79 Å². The smallest absolute Gasteiger partial charge is 0.244 e. The number of likely N-dealkylation sites (tertiary alicyclic amines) is 1. The van der Waals surface area contributed by atoms with E-state index in [9.17, 15) is 4.79 Å². The highest BCUT2D eigenvalue weighted by atomic mass is 16.2. The number of carbonyl (C=O) groups excluding carboxylic acids is 1. The van der Waals surface area contributed by atoms with Gasteiger partial charge in [-0.15, -0.1) is 0 Å². The lowest BCUT2D eigenvalue weighted by molar-refractivity contribution is -0.135. The average Bonchev–Trinajstić information content (AvgIpc) is 2.79. The first-order valence-electron chi connectivity index (χ1n) is 7.19. The van der Waals surface area contributed by atoms with Crippen LogP contribution in [-0.4, -0.2) is 22.9 Å². The van der Waals surface area contributed by atoms with Crippen LogP contribution in [-0.2, 0) is 4.79 Å². The van der Waals surface area contributed by atoms with E-state index in [1.54, 1.807) is 0 Å². The van der Waals surface area contributed by atoms with Crippen LogP contribution in [0.2, 0.25) is 0 Å². The van der Waals surface area contributed by atoms with Crippen LogP contribution in [0.3, 0.4) is 0 Å². The minimum Gasteiger partial charge on any atom is -0.335 e. The zero-order valence-corrected chi connectivity index (χ0v) is 12.1. The molecule has 0 aliphatic carbocycles. The number of nitrogens with two attached hydrogens (primary N) is 1. The summed E-state index contributed by atoms with van der Waals surface area (Å²) >= 11 is 0. The zero-order valence-electron chi connectivity index (χ0n) is 12.1. The maximum Gasteiger partial charge on any atom is 0.244 e. The van der Waals surface area contributed by atoms with E-state index < -0.39 is 6.04 Å². The molecule has 3 atom stereocenters. The lowest BCUT2D eigenvalue weighted by Crippen LogP contribution is -2.44. The fraction of sp³-hybridized carbons (Fsp3) is 0.562. The monoisotopic (exact) mass is 260 g/mol. The Labute approximate surface area is 115 Å². The molecule has 1 aromatic carbocycles. The van der Waals surface area contributed by atoms with Gasteiger partial charge >= 0.3 is 0 Å². The highest BCUT2D eigenvalue weighted by Gasteiger charge is 2.35. The Morgan fingerprint density at radius 2 is 2.00 bits per heavy atom. The van der Waals surface area contributed by atoms with Crippen molar-refractivity contribution in [1.29, 1.82) is 0 Å². The number of rotatable bonds is 3. The van der Waals surface area contributed by atoms with Crippen LogP contribution in [0.15, 0.2) is 24.3 Å². The summed E-state index contributed by atoms with van der Waals surface area (Å²) in [5.74, 6) is 0.0701. The van der Waals surface area contributed by atoms with Gasteiger partial charge in [0.1, 0.15) is 6.04 Å². The van der Waals surface area contributed by atoms with E-state index in [1.165, 1.54) is 5.56 Å². The Balaban J connectivity index is 2.16. The molecule has 0 spiro atoms. The lowest BCUT2D eigenvalue weighted by atomic mass is 10.0. The van der Waals surface area contributed by atoms with Crippen molar-refractivity contribution in [3.63, 3.8) is 0 Å². The van der Waals surface area contributed by atoms with Crippen LogP contribution in [0, 0.1) is 6.92 Å². The maximum atomic E-state index is 12.6. The third-order valence-electron chi connectivity index (χ3n) is 4.21. The molecule has 3 nitrogen and oxygen atoms in total. The fourth-order valence-corrected chi connectivity index (χ4v) is 2.95. The Morgan fingerprint density at radius 3 is 2.58 bits per heavy atom. The van der Waals surface area contributed by atoms with E-state index in [1.807, 2.05) is 36.1 Å². The zero-order chi connectivity index (χ0) is 14.0. The second kappa shape index (κ2) is 5.74. The first kappa shape index (κ1) is 14.1. The number of nitrogens with zero attached hydrogens (tertiary/aromatic N) is 1. The van der Waals surface area contributed by atoms with Gasteiger partial charge < -0.3 is 10.6 Å². The molecule has 1 saturated heterocycles. The summed E-state index contributed by atoms with van der Waals surface area (Å²) in [4.78, 5) is 14.6. The Bertz CT molecular complexity index is 441. The number of aryl methyl sites for hydroxylation is 1. The second-order valence-electron chi connectivity index (χ2n) is 5.62. The molecule has 1 amide bonds.